The summed E-state index contributed by atoms with van der Waals surface area (Å²) in [5.74, 6) is 1.83. The third-order valence-electron chi connectivity index (χ3n) is 10.2. The van der Waals surface area contributed by atoms with E-state index in [1.807, 2.05) is 6.07 Å². The second kappa shape index (κ2) is 9.54. The van der Waals surface area contributed by atoms with Crippen molar-refractivity contribution < 1.29 is 4.74 Å². The summed E-state index contributed by atoms with van der Waals surface area (Å²) in [5.41, 5.74) is 12.2. The molecule has 1 nitrogen and oxygen atoms in total. The average molecular weight is 585 g/mol. The third kappa shape index (κ3) is 3.35. The number of para-hydroxylation sites is 1. The van der Waals surface area contributed by atoms with E-state index >= 15 is 0 Å². The number of fused-ring (bicyclic) bond motifs is 7. The van der Waals surface area contributed by atoms with Crippen LogP contribution in [0.2, 0.25) is 0 Å². The molecule has 2 aliphatic rings. The van der Waals surface area contributed by atoms with Crippen molar-refractivity contribution >= 4 is 21.5 Å². The Labute approximate surface area is 268 Å². The van der Waals surface area contributed by atoms with Crippen LogP contribution in [0.25, 0.3) is 54.9 Å². The van der Waals surface area contributed by atoms with Crippen molar-refractivity contribution in [1.82, 2.24) is 0 Å². The molecule has 0 amide bonds. The molecule has 1 heterocycles. The molecular formula is C45H28O. The van der Waals surface area contributed by atoms with Gasteiger partial charge in [-0.15, -0.1) is 0 Å². The minimum absolute atomic E-state index is 0.454. The van der Waals surface area contributed by atoms with Gasteiger partial charge < -0.3 is 4.74 Å². The van der Waals surface area contributed by atoms with Gasteiger partial charge in [-0.3, -0.25) is 0 Å². The Hall–Kier alpha value is -5.92. The van der Waals surface area contributed by atoms with Crippen molar-refractivity contribution in [3.05, 3.63) is 192 Å². The Balaban J connectivity index is 1.22. The third-order valence-corrected chi connectivity index (χ3v) is 10.2. The van der Waals surface area contributed by atoms with Crippen LogP contribution in [0.5, 0.6) is 11.5 Å². The van der Waals surface area contributed by atoms with Gasteiger partial charge in [0.1, 0.15) is 11.5 Å². The highest BCUT2D eigenvalue weighted by Crippen LogP contribution is 2.58. The number of rotatable bonds is 3. The number of hydrogen-bond donors (Lipinski definition) is 0. The maximum atomic E-state index is 6.39. The van der Waals surface area contributed by atoms with Gasteiger partial charge >= 0.3 is 0 Å². The molecule has 46 heavy (non-hydrogen) atoms. The lowest BCUT2D eigenvalue weighted by molar-refractivity contribution is 0.487. The molecule has 1 aliphatic carbocycles. The summed E-state index contributed by atoms with van der Waals surface area (Å²) in [6.45, 7) is 0. The highest BCUT2D eigenvalue weighted by atomic mass is 16.5. The molecule has 0 saturated heterocycles. The molecule has 1 unspecified atom stereocenters. The van der Waals surface area contributed by atoms with Crippen molar-refractivity contribution in [3.63, 3.8) is 0 Å². The van der Waals surface area contributed by atoms with E-state index in [0.717, 1.165) is 17.1 Å². The molecule has 0 aromatic heterocycles. The van der Waals surface area contributed by atoms with Crippen LogP contribution in [-0.2, 0) is 5.41 Å². The summed E-state index contributed by atoms with van der Waals surface area (Å²) in [6.07, 6.45) is 0. The van der Waals surface area contributed by atoms with E-state index in [1.165, 1.54) is 71.6 Å². The molecule has 0 bridgehead atoms. The van der Waals surface area contributed by atoms with Crippen LogP contribution < -0.4 is 4.74 Å². The van der Waals surface area contributed by atoms with E-state index in [0.29, 0.717) is 0 Å². The average Bonchev–Trinajstić information content (AvgIpc) is 3.44. The maximum Gasteiger partial charge on any atom is 0.135 e. The summed E-state index contributed by atoms with van der Waals surface area (Å²) in [4.78, 5) is 0. The Morgan fingerprint density at radius 1 is 0.370 bits per heavy atom. The second-order valence-corrected chi connectivity index (χ2v) is 12.4. The fourth-order valence-electron chi connectivity index (χ4n) is 8.27. The Bertz CT molecular complexity index is 2490. The van der Waals surface area contributed by atoms with E-state index in [4.69, 9.17) is 4.74 Å². The lowest BCUT2D eigenvalue weighted by atomic mass is 9.66. The van der Waals surface area contributed by atoms with Gasteiger partial charge in [0.15, 0.2) is 0 Å². The van der Waals surface area contributed by atoms with Crippen LogP contribution in [-0.4, -0.2) is 0 Å². The fourth-order valence-corrected chi connectivity index (χ4v) is 8.27. The van der Waals surface area contributed by atoms with Crippen LogP contribution in [0.4, 0.5) is 0 Å². The first-order valence-corrected chi connectivity index (χ1v) is 15.9. The monoisotopic (exact) mass is 584 g/mol. The van der Waals surface area contributed by atoms with Gasteiger partial charge in [-0.05, 0) is 78.4 Å². The van der Waals surface area contributed by atoms with E-state index in [-0.39, 0.29) is 0 Å². The van der Waals surface area contributed by atoms with Gasteiger partial charge in [0.25, 0.3) is 0 Å². The van der Waals surface area contributed by atoms with Gasteiger partial charge in [-0.2, -0.15) is 0 Å². The maximum absolute atomic E-state index is 6.39. The van der Waals surface area contributed by atoms with Gasteiger partial charge in [0.05, 0.1) is 5.41 Å². The molecule has 1 aliphatic heterocycles. The number of benzene rings is 8. The largest absolute Gasteiger partial charge is 0.456 e. The summed E-state index contributed by atoms with van der Waals surface area (Å²) in [5, 5.41) is 4.94. The molecule has 0 saturated carbocycles. The first-order valence-electron chi connectivity index (χ1n) is 15.9. The van der Waals surface area contributed by atoms with E-state index < -0.39 is 5.41 Å². The van der Waals surface area contributed by atoms with Gasteiger partial charge in [0.2, 0.25) is 0 Å². The van der Waals surface area contributed by atoms with Crippen molar-refractivity contribution in [2.45, 2.75) is 5.41 Å². The quantitative estimate of drug-likeness (QED) is 0.201. The lowest BCUT2D eigenvalue weighted by Crippen LogP contribution is -2.28. The molecule has 1 atom stereocenters. The molecule has 0 fully saturated rings. The van der Waals surface area contributed by atoms with Crippen molar-refractivity contribution in [3.8, 4) is 44.9 Å². The molecule has 1 heteroatoms. The van der Waals surface area contributed by atoms with Gasteiger partial charge in [-0.25, -0.2) is 0 Å². The zero-order valence-electron chi connectivity index (χ0n) is 25.1. The molecule has 0 radical (unpaired) electrons. The smallest absolute Gasteiger partial charge is 0.135 e. The van der Waals surface area contributed by atoms with Crippen molar-refractivity contribution in [1.29, 1.82) is 0 Å². The van der Waals surface area contributed by atoms with Gasteiger partial charge in [0, 0.05) is 10.9 Å². The molecule has 214 valence electrons. The molecular weight excluding hydrogens is 556 g/mol. The van der Waals surface area contributed by atoms with Crippen molar-refractivity contribution in [2.75, 3.05) is 0 Å². The molecule has 8 aromatic carbocycles. The lowest BCUT2D eigenvalue weighted by Gasteiger charge is -2.34. The first kappa shape index (κ1) is 25.4. The summed E-state index contributed by atoms with van der Waals surface area (Å²) < 4.78 is 6.39. The summed E-state index contributed by atoms with van der Waals surface area (Å²) in [6, 6.07) is 62.1. The second-order valence-electron chi connectivity index (χ2n) is 12.4. The Kier molecular flexibility index (Phi) is 5.27. The Morgan fingerprint density at radius 3 is 1.93 bits per heavy atom. The van der Waals surface area contributed by atoms with Crippen molar-refractivity contribution in [2.24, 2.45) is 0 Å². The molecule has 0 N–H and O–H groups in total. The van der Waals surface area contributed by atoms with E-state index in [9.17, 15) is 0 Å². The zero-order valence-corrected chi connectivity index (χ0v) is 25.1. The fraction of sp³-hybridized carbons (Fsp3) is 0.0222. The van der Waals surface area contributed by atoms with E-state index in [1.54, 1.807) is 0 Å². The minimum Gasteiger partial charge on any atom is -0.456 e. The number of ether oxygens (including phenoxy) is 1. The standard InChI is InChI=1S/C45H28O/c1-2-12-31(13-3-1)45(40-19-8-6-15-35(40)39-26-23-29-11-4-5-14-34(29)44(39)45)32-24-21-30(22-25-32)33-27-28-42-43-37(33)17-10-18-38(43)36-16-7-9-20-41(36)46-42/h1-28H. The predicted molar refractivity (Wildman–Crippen MR) is 190 cm³/mol. The van der Waals surface area contributed by atoms with E-state index in [2.05, 4.69) is 164 Å². The predicted octanol–water partition coefficient (Wildman–Crippen LogP) is 11.8. The SMILES string of the molecule is c1ccc(C2(c3ccc(-c4ccc5c6c(cccc46)-c4ccccc4O5)cc3)c3ccccc3-c3ccc4ccccc4c32)cc1. The van der Waals surface area contributed by atoms with Crippen LogP contribution >= 0.6 is 0 Å². The first-order chi connectivity index (χ1) is 22.8. The Morgan fingerprint density at radius 2 is 1.04 bits per heavy atom. The zero-order chi connectivity index (χ0) is 30.2. The van der Waals surface area contributed by atoms with Crippen LogP contribution in [0, 0.1) is 0 Å². The van der Waals surface area contributed by atoms with Crippen LogP contribution in [0.3, 0.4) is 0 Å². The van der Waals surface area contributed by atoms with Crippen LogP contribution in [0.15, 0.2) is 170 Å². The topological polar surface area (TPSA) is 9.23 Å². The minimum atomic E-state index is -0.454. The normalized spacial score (nSPS) is 15.7. The summed E-state index contributed by atoms with van der Waals surface area (Å²) in [7, 11) is 0. The number of hydrogen-bond acceptors (Lipinski definition) is 1. The van der Waals surface area contributed by atoms with Crippen LogP contribution in [0.1, 0.15) is 22.3 Å². The summed E-state index contributed by atoms with van der Waals surface area (Å²) >= 11 is 0. The molecule has 8 aromatic rings. The molecule has 0 spiro atoms. The highest BCUT2D eigenvalue weighted by molar-refractivity contribution is 6.10. The van der Waals surface area contributed by atoms with Gasteiger partial charge in [-0.1, -0.05) is 158 Å². The highest BCUT2D eigenvalue weighted by Gasteiger charge is 2.47. The molecule has 10 rings (SSSR count).